The summed E-state index contributed by atoms with van der Waals surface area (Å²) in [7, 11) is 0. The van der Waals surface area contributed by atoms with Crippen LogP contribution < -0.4 is 5.32 Å². The summed E-state index contributed by atoms with van der Waals surface area (Å²) >= 11 is 1.64. The highest BCUT2D eigenvalue weighted by Crippen LogP contribution is 2.36. The Labute approximate surface area is 125 Å². The third-order valence-corrected chi connectivity index (χ3v) is 4.97. The van der Waals surface area contributed by atoms with Gasteiger partial charge in [-0.05, 0) is 23.1 Å². The molecular weight excluding hydrogens is 284 g/mol. The largest absolute Gasteiger partial charge is 0.480 e. The van der Waals surface area contributed by atoms with Crippen molar-refractivity contribution >= 4 is 28.2 Å². The number of para-hydroxylation sites is 1. The highest BCUT2D eigenvalue weighted by Gasteiger charge is 2.34. The van der Waals surface area contributed by atoms with Gasteiger partial charge < -0.3 is 10.1 Å². The molecule has 0 saturated heterocycles. The normalized spacial score (nSPS) is 21.3. The molecule has 0 aliphatic carbocycles. The standard InChI is InChI=1S/C16H14N2O2S/c19-16(20)12-8-10-9-4-1-2-5-11(9)17-14(10)15(18-12)13-6-3-7-21-13/h1-7,12,15,17-18H,8H2,(H,19,20). The highest BCUT2D eigenvalue weighted by molar-refractivity contribution is 7.10. The van der Waals surface area contributed by atoms with Gasteiger partial charge in [0, 0.05) is 27.9 Å². The van der Waals surface area contributed by atoms with Crippen molar-refractivity contribution < 1.29 is 9.90 Å². The van der Waals surface area contributed by atoms with Gasteiger partial charge in [0.1, 0.15) is 6.04 Å². The van der Waals surface area contributed by atoms with E-state index in [1.165, 1.54) is 0 Å². The van der Waals surface area contributed by atoms with Crippen molar-refractivity contribution in [2.75, 3.05) is 0 Å². The summed E-state index contributed by atoms with van der Waals surface area (Å²) in [6.07, 6.45) is 0.510. The lowest BCUT2D eigenvalue weighted by molar-refractivity contribution is -0.139. The number of hydrogen-bond acceptors (Lipinski definition) is 3. The van der Waals surface area contributed by atoms with E-state index >= 15 is 0 Å². The zero-order chi connectivity index (χ0) is 14.4. The lowest BCUT2D eigenvalue weighted by Gasteiger charge is -2.28. The van der Waals surface area contributed by atoms with Crippen molar-refractivity contribution in [1.82, 2.24) is 10.3 Å². The molecule has 0 fully saturated rings. The number of benzene rings is 1. The molecule has 106 valence electrons. The summed E-state index contributed by atoms with van der Waals surface area (Å²) < 4.78 is 0. The zero-order valence-electron chi connectivity index (χ0n) is 11.2. The first-order valence-corrected chi connectivity index (χ1v) is 7.74. The highest BCUT2D eigenvalue weighted by atomic mass is 32.1. The number of carboxylic acid groups (broad SMARTS) is 1. The van der Waals surface area contributed by atoms with Crippen LogP contribution in [0.3, 0.4) is 0 Å². The summed E-state index contributed by atoms with van der Waals surface area (Å²) in [6, 6.07) is 11.5. The topological polar surface area (TPSA) is 65.1 Å². The Morgan fingerprint density at radius 2 is 2.10 bits per heavy atom. The number of aliphatic carboxylic acids is 1. The van der Waals surface area contributed by atoms with Crippen molar-refractivity contribution in [2.45, 2.75) is 18.5 Å². The minimum atomic E-state index is -0.799. The number of carboxylic acids is 1. The number of thiophene rings is 1. The summed E-state index contributed by atoms with van der Waals surface area (Å²) in [5.74, 6) is -0.799. The summed E-state index contributed by atoms with van der Waals surface area (Å²) in [4.78, 5) is 16.1. The maximum Gasteiger partial charge on any atom is 0.321 e. The van der Waals surface area contributed by atoms with E-state index < -0.39 is 12.0 Å². The average molecular weight is 298 g/mol. The van der Waals surface area contributed by atoms with Crippen LogP contribution in [-0.4, -0.2) is 22.1 Å². The Kier molecular flexibility index (Phi) is 2.83. The molecule has 21 heavy (non-hydrogen) atoms. The van der Waals surface area contributed by atoms with Crippen molar-refractivity contribution in [3.63, 3.8) is 0 Å². The zero-order valence-corrected chi connectivity index (χ0v) is 12.0. The minimum Gasteiger partial charge on any atom is -0.480 e. The molecule has 2 atom stereocenters. The van der Waals surface area contributed by atoms with Gasteiger partial charge in [0.25, 0.3) is 0 Å². The molecule has 0 spiro atoms. The molecule has 0 radical (unpaired) electrons. The van der Waals surface area contributed by atoms with Gasteiger partial charge in [0.05, 0.1) is 6.04 Å². The molecule has 0 saturated carbocycles. The van der Waals surface area contributed by atoms with Gasteiger partial charge in [-0.3, -0.25) is 10.1 Å². The number of aromatic nitrogens is 1. The Morgan fingerprint density at radius 3 is 2.86 bits per heavy atom. The van der Waals surface area contributed by atoms with Crippen molar-refractivity contribution in [1.29, 1.82) is 0 Å². The number of rotatable bonds is 2. The third-order valence-electron chi connectivity index (χ3n) is 4.04. The number of fused-ring (bicyclic) bond motifs is 3. The average Bonchev–Trinajstić information content (AvgIpc) is 3.13. The first-order chi connectivity index (χ1) is 10.2. The second-order valence-corrected chi connectivity index (χ2v) is 6.25. The Balaban J connectivity index is 1.92. The van der Waals surface area contributed by atoms with Crippen LogP contribution in [0.25, 0.3) is 10.9 Å². The molecule has 1 aromatic carbocycles. The molecule has 2 aromatic heterocycles. The molecular formula is C16H14N2O2S. The summed E-state index contributed by atoms with van der Waals surface area (Å²) in [5.41, 5.74) is 3.28. The van der Waals surface area contributed by atoms with Gasteiger partial charge in [-0.25, -0.2) is 0 Å². The molecule has 0 bridgehead atoms. The van der Waals surface area contributed by atoms with Crippen molar-refractivity contribution in [3.8, 4) is 0 Å². The lowest BCUT2D eigenvalue weighted by Crippen LogP contribution is -2.44. The van der Waals surface area contributed by atoms with Crippen LogP contribution in [0.2, 0.25) is 0 Å². The van der Waals surface area contributed by atoms with E-state index in [0.29, 0.717) is 6.42 Å². The molecule has 4 rings (SSSR count). The van der Waals surface area contributed by atoms with E-state index in [1.807, 2.05) is 35.7 Å². The van der Waals surface area contributed by atoms with Crippen LogP contribution in [-0.2, 0) is 11.2 Å². The molecule has 5 heteroatoms. The fraction of sp³-hybridized carbons (Fsp3) is 0.188. The molecule has 1 aliphatic heterocycles. The van der Waals surface area contributed by atoms with Gasteiger partial charge in [0.15, 0.2) is 0 Å². The van der Waals surface area contributed by atoms with Crippen LogP contribution in [0, 0.1) is 0 Å². The van der Waals surface area contributed by atoms with Crippen LogP contribution in [0.5, 0.6) is 0 Å². The number of nitrogens with one attached hydrogen (secondary N) is 2. The molecule has 3 N–H and O–H groups in total. The van der Waals surface area contributed by atoms with Crippen LogP contribution in [0.4, 0.5) is 0 Å². The fourth-order valence-corrected chi connectivity index (χ4v) is 3.87. The first kappa shape index (κ1) is 12.6. The van der Waals surface area contributed by atoms with Gasteiger partial charge in [-0.15, -0.1) is 11.3 Å². The predicted octanol–water partition coefficient (Wildman–Crippen LogP) is 2.92. The van der Waals surface area contributed by atoms with E-state index in [9.17, 15) is 9.90 Å². The van der Waals surface area contributed by atoms with Crippen LogP contribution in [0.15, 0.2) is 41.8 Å². The Bertz CT molecular complexity index is 807. The molecule has 0 amide bonds. The molecule has 1 aliphatic rings. The molecule has 3 aromatic rings. The van der Waals surface area contributed by atoms with Gasteiger partial charge in [0.2, 0.25) is 0 Å². The fourth-order valence-electron chi connectivity index (χ4n) is 3.07. The van der Waals surface area contributed by atoms with Crippen molar-refractivity contribution in [3.05, 3.63) is 57.9 Å². The SMILES string of the molecule is O=C(O)C1Cc2c([nH]c3ccccc23)C(c2cccs2)N1. The maximum absolute atomic E-state index is 11.5. The lowest BCUT2D eigenvalue weighted by atomic mass is 9.93. The van der Waals surface area contributed by atoms with Crippen LogP contribution >= 0.6 is 11.3 Å². The van der Waals surface area contributed by atoms with Gasteiger partial charge in [-0.2, -0.15) is 0 Å². The number of carbonyl (C=O) groups is 1. The minimum absolute atomic E-state index is 0.0813. The van der Waals surface area contributed by atoms with E-state index in [1.54, 1.807) is 11.3 Å². The Morgan fingerprint density at radius 1 is 1.24 bits per heavy atom. The van der Waals surface area contributed by atoms with Gasteiger partial charge in [-0.1, -0.05) is 24.3 Å². The monoisotopic (exact) mass is 298 g/mol. The molecule has 4 nitrogen and oxygen atoms in total. The number of hydrogen-bond donors (Lipinski definition) is 3. The number of aromatic amines is 1. The van der Waals surface area contributed by atoms with Crippen molar-refractivity contribution in [2.24, 2.45) is 0 Å². The first-order valence-electron chi connectivity index (χ1n) is 6.86. The van der Waals surface area contributed by atoms with E-state index in [2.05, 4.69) is 16.4 Å². The quantitative estimate of drug-likeness (QED) is 0.681. The van der Waals surface area contributed by atoms with Gasteiger partial charge >= 0.3 is 5.97 Å². The molecule has 2 unspecified atom stereocenters. The summed E-state index contributed by atoms with van der Waals surface area (Å²) in [6.45, 7) is 0. The van der Waals surface area contributed by atoms with Crippen LogP contribution in [0.1, 0.15) is 22.2 Å². The second-order valence-electron chi connectivity index (χ2n) is 5.27. The maximum atomic E-state index is 11.5. The second kappa shape index (κ2) is 4.72. The van der Waals surface area contributed by atoms with E-state index in [0.717, 1.165) is 27.0 Å². The predicted molar refractivity (Wildman–Crippen MR) is 82.7 cm³/mol. The molecule has 3 heterocycles. The van der Waals surface area contributed by atoms with E-state index in [-0.39, 0.29) is 6.04 Å². The smallest absolute Gasteiger partial charge is 0.321 e. The Hall–Kier alpha value is -2.11. The summed E-state index contributed by atoms with van der Waals surface area (Å²) in [5, 5.41) is 15.8. The van der Waals surface area contributed by atoms with E-state index in [4.69, 9.17) is 0 Å². The third kappa shape index (κ3) is 1.97. The number of H-pyrrole nitrogens is 1.